The maximum absolute atomic E-state index is 4.45. The molecule has 2 aromatic carbocycles. The molecule has 2 nitrogen and oxygen atoms in total. The van der Waals surface area contributed by atoms with Gasteiger partial charge in [-0.1, -0.05) is 75.4 Å². The van der Waals surface area contributed by atoms with Gasteiger partial charge in [-0.3, -0.25) is 5.43 Å². The van der Waals surface area contributed by atoms with Crippen molar-refractivity contribution in [1.82, 2.24) is 0 Å². The van der Waals surface area contributed by atoms with E-state index in [0.29, 0.717) is 0 Å². The maximum atomic E-state index is 4.45. The zero-order chi connectivity index (χ0) is 17.9. The Morgan fingerprint density at radius 2 is 1.72 bits per heavy atom. The molecule has 1 aliphatic carbocycles. The summed E-state index contributed by atoms with van der Waals surface area (Å²) in [4.78, 5) is 0. The maximum Gasteiger partial charge on any atom is 0.0590 e. The number of benzene rings is 2. The number of anilines is 1. The fourth-order valence-corrected chi connectivity index (χ4v) is 3.01. The van der Waals surface area contributed by atoms with Crippen LogP contribution in [0.3, 0.4) is 0 Å². The third-order valence-electron chi connectivity index (χ3n) is 4.58. The van der Waals surface area contributed by atoms with E-state index in [2.05, 4.69) is 80.7 Å². The number of rotatable bonds is 4. The highest BCUT2D eigenvalue weighted by Crippen LogP contribution is 2.36. The third kappa shape index (κ3) is 4.08. The van der Waals surface area contributed by atoms with E-state index in [0.717, 1.165) is 17.7 Å². The SMILES string of the molecule is Cc1ccccc1N/N=C/c1ccccc1C1=CC(C(C)(C)C)=CC1. The molecule has 128 valence electrons. The Balaban J connectivity index is 1.81. The van der Waals surface area contributed by atoms with Crippen molar-refractivity contribution < 1.29 is 0 Å². The summed E-state index contributed by atoms with van der Waals surface area (Å²) < 4.78 is 0. The van der Waals surface area contributed by atoms with Crippen LogP contribution in [0.4, 0.5) is 5.69 Å². The van der Waals surface area contributed by atoms with Gasteiger partial charge in [-0.25, -0.2) is 0 Å². The van der Waals surface area contributed by atoms with Crippen LogP contribution in [0.1, 0.15) is 43.9 Å². The number of hydrazone groups is 1. The van der Waals surface area contributed by atoms with Crippen molar-refractivity contribution in [3.05, 3.63) is 82.9 Å². The Hall–Kier alpha value is -2.61. The number of nitrogens with one attached hydrogen (secondary N) is 1. The molecule has 0 bridgehead atoms. The van der Waals surface area contributed by atoms with Crippen LogP contribution in [-0.2, 0) is 0 Å². The van der Waals surface area contributed by atoms with Gasteiger partial charge in [0.05, 0.1) is 11.9 Å². The normalized spacial score (nSPS) is 14.6. The molecule has 25 heavy (non-hydrogen) atoms. The Labute approximate surface area is 151 Å². The van der Waals surface area contributed by atoms with Crippen LogP contribution in [0, 0.1) is 12.3 Å². The molecule has 1 aliphatic rings. The molecule has 0 aromatic heterocycles. The van der Waals surface area contributed by atoms with Crippen LogP contribution in [0.25, 0.3) is 5.57 Å². The first-order valence-corrected chi connectivity index (χ1v) is 8.80. The van der Waals surface area contributed by atoms with Crippen molar-refractivity contribution in [2.24, 2.45) is 10.5 Å². The lowest BCUT2D eigenvalue weighted by Gasteiger charge is -2.18. The molecule has 0 atom stereocenters. The van der Waals surface area contributed by atoms with Crippen molar-refractivity contribution in [2.75, 3.05) is 5.43 Å². The zero-order valence-corrected chi connectivity index (χ0v) is 15.5. The lowest BCUT2D eigenvalue weighted by Crippen LogP contribution is -2.05. The van der Waals surface area contributed by atoms with Crippen LogP contribution < -0.4 is 5.43 Å². The summed E-state index contributed by atoms with van der Waals surface area (Å²) in [5.74, 6) is 0. The molecule has 3 rings (SSSR count). The molecule has 1 N–H and O–H groups in total. The minimum absolute atomic E-state index is 0.192. The summed E-state index contributed by atoms with van der Waals surface area (Å²) in [6, 6.07) is 16.6. The minimum Gasteiger partial charge on any atom is -0.278 e. The molecule has 0 heterocycles. The van der Waals surface area contributed by atoms with E-state index in [4.69, 9.17) is 0 Å². The largest absolute Gasteiger partial charge is 0.278 e. The van der Waals surface area contributed by atoms with Gasteiger partial charge in [-0.2, -0.15) is 5.10 Å². The first-order valence-electron chi connectivity index (χ1n) is 8.80. The molecule has 0 fully saturated rings. The van der Waals surface area contributed by atoms with Crippen molar-refractivity contribution >= 4 is 17.5 Å². The number of hydrogen-bond donors (Lipinski definition) is 1. The van der Waals surface area contributed by atoms with E-state index in [1.54, 1.807) is 0 Å². The Kier molecular flexibility index (Phi) is 4.89. The van der Waals surface area contributed by atoms with E-state index in [9.17, 15) is 0 Å². The topological polar surface area (TPSA) is 24.4 Å². The van der Waals surface area contributed by atoms with Crippen LogP contribution in [0.15, 0.2) is 71.4 Å². The first-order chi connectivity index (χ1) is 11.9. The summed E-state index contributed by atoms with van der Waals surface area (Å²) in [5, 5.41) is 4.45. The van der Waals surface area contributed by atoms with Crippen molar-refractivity contribution in [3.63, 3.8) is 0 Å². The predicted molar refractivity (Wildman–Crippen MR) is 109 cm³/mol. The van der Waals surface area contributed by atoms with Gasteiger partial charge in [0.15, 0.2) is 0 Å². The number of hydrogen-bond acceptors (Lipinski definition) is 2. The molecule has 2 aromatic rings. The quantitative estimate of drug-likeness (QED) is 0.524. The summed E-state index contributed by atoms with van der Waals surface area (Å²) >= 11 is 0. The van der Waals surface area contributed by atoms with E-state index >= 15 is 0 Å². The van der Waals surface area contributed by atoms with E-state index < -0.39 is 0 Å². The number of allylic oxidation sites excluding steroid dienone is 4. The number of nitrogens with zero attached hydrogens (tertiary/aromatic N) is 1. The van der Waals surface area contributed by atoms with Gasteiger partial charge in [0.2, 0.25) is 0 Å². The van der Waals surface area contributed by atoms with Gasteiger partial charge < -0.3 is 0 Å². The van der Waals surface area contributed by atoms with E-state index in [1.807, 2.05) is 24.4 Å². The molecule has 0 saturated carbocycles. The second-order valence-electron chi connectivity index (χ2n) is 7.56. The lowest BCUT2D eigenvalue weighted by atomic mass is 9.87. The molecule has 0 aliphatic heterocycles. The fraction of sp³-hybridized carbons (Fsp3) is 0.261. The average molecular weight is 330 g/mol. The first kappa shape index (κ1) is 17.2. The predicted octanol–water partition coefficient (Wildman–Crippen LogP) is 6.20. The summed E-state index contributed by atoms with van der Waals surface area (Å²) in [7, 11) is 0. The third-order valence-corrected chi connectivity index (χ3v) is 4.58. The molecule has 0 saturated heterocycles. The molecule has 0 radical (unpaired) electrons. The summed E-state index contributed by atoms with van der Waals surface area (Å²) in [5.41, 5.74) is 10.7. The van der Waals surface area contributed by atoms with Gasteiger partial charge in [0, 0.05) is 5.56 Å². The van der Waals surface area contributed by atoms with Gasteiger partial charge in [-0.15, -0.1) is 0 Å². The van der Waals surface area contributed by atoms with Crippen molar-refractivity contribution in [1.29, 1.82) is 0 Å². The van der Waals surface area contributed by atoms with E-state index in [-0.39, 0.29) is 5.41 Å². The molecule has 0 amide bonds. The Morgan fingerprint density at radius 1 is 1.00 bits per heavy atom. The molecule has 0 unspecified atom stereocenters. The van der Waals surface area contributed by atoms with Crippen molar-refractivity contribution in [2.45, 2.75) is 34.1 Å². The smallest absolute Gasteiger partial charge is 0.0590 e. The highest BCUT2D eigenvalue weighted by molar-refractivity contribution is 5.90. The summed E-state index contributed by atoms with van der Waals surface area (Å²) in [6.07, 6.45) is 7.58. The minimum atomic E-state index is 0.192. The highest BCUT2D eigenvalue weighted by Gasteiger charge is 2.20. The number of para-hydroxylation sites is 1. The Morgan fingerprint density at radius 3 is 2.44 bits per heavy atom. The molecule has 0 spiro atoms. The average Bonchev–Trinajstić information content (AvgIpc) is 3.07. The van der Waals surface area contributed by atoms with Gasteiger partial charge >= 0.3 is 0 Å². The molecular formula is C23H26N2. The molecule has 2 heteroatoms. The summed E-state index contributed by atoms with van der Waals surface area (Å²) in [6.45, 7) is 8.86. The van der Waals surface area contributed by atoms with Gasteiger partial charge in [0.25, 0.3) is 0 Å². The van der Waals surface area contributed by atoms with Crippen LogP contribution in [0.2, 0.25) is 0 Å². The Bertz CT molecular complexity index is 848. The zero-order valence-electron chi connectivity index (χ0n) is 15.5. The number of aryl methyl sites for hydroxylation is 1. The highest BCUT2D eigenvalue weighted by atomic mass is 15.3. The van der Waals surface area contributed by atoms with Crippen molar-refractivity contribution in [3.8, 4) is 0 Å². The van der Waals surface area contributed by atoms with Crippen LogP contribution >= 0.6 is 0 Å². The molecular weight excluding hydrogens is 304 g/mol. The second-order valence-corrected chi connectivity index (χ2v) is 7.56. The van der Waals surface area contributed by atoms with E-state index in [1.165, 1.54) is 22.3 Å². The van der Waals surface area contributed by atoms with Crippen LogP contribution in [0.5, 0.6) is 0 Å². The monoisotopic (exact) mass is 330 g/mol. The fourth-order valence-electron chi connectivity index (χ4n) is 3.01. The lowest BCUT2D eigenvalue weighted by molar-refractivity contribution is 0.518. The van der Waals surface area contributed by atoms with Crippen LogP contribution in [-0.4, -0.2) is 6.21 Å². The second kappa shape index (κ2) is 7.10. The van der Waals surface area contributed by atoms with Gasteiger partial charge in [-0.05, 0) is 47.1 Å². The standard InChI is InChI=1S/C23H26N2/c1-17-9-5-8-12-22(17)25-24-16-19-10-6-7-11-21(19)18-13-14-20(15-18)23(2,3)4/h5-12,14-16,25H,13H2,1-4H3/b24-16+. The van der Waals surface area contributed by atoms with Gasteiger partial charge in [0.1, 0.15) is 0 Å².